The highest BCUT2D eigenvalue weighted by Crippen LogP contribution is 2.05. The highest BCUT2D eigenvalue weighted by atomic mass is 32.1. The van der Waals surface area contributed by atoms with Gasteiger partial charge in [0.15, 0.2) is 0 Å². The van der Waals surface area contributed by atoms with Crippen molar-refractivity contribution in [2.75, 3.05) is 12.3 Å². The van der Waals surface area contributed by atoms with Gasteiger partial charge in [-0.25, -0.2) is 0 Å². The number of pyridine rings is 1. The summed E-state index contributed by atoms with van der Waals surface area (Å²) in [6.07, 6.45) is 2.27. The van der Waals surface area contributed by atoms with Crippen molar-refractivity contribution >= 4 is 22.9 Å². The first-order chi connectivity index (χ1) is 9.15. The van der Waals surface area contributed by atoms with Crippen molar-refractivity contribution in [2.24, 2.45) is 0 Å². The zero-order chi connectivity index (χ0) is 13.7. The summed E-state index contributed by atoms with van der Waals surface area (Å²) in [5.41, 5.74) is 7.01. The van der Waals surface area contributed by atoms with Gasteiger partial charge in [-0.2, -0.15) is 11.3 Å². The molecule has 5 nitrogen and oxygen atoms in total. The van der Waals surface area contributed by atoms with Gasteiger partial charge in [0.1, 0.15) is 6.54 Å². The number of nitrogens with two attached hydrogens (primary N) is 1. The highest BCUT2D eigenvalue weighted by molar-refractivity contribution is 7.07. The lowest BCUT2D eigenvalue weighted by atomic mass is 10.2. The molecule has 0 atom stereocenters. The Morgan fingerprint density at radius 3 is 2.95 bits per heavy atom. The van der Waals surface area contributed by atoms with E-state index in [1.165, 1.54) is 28.5 Å². The van der Waals surface area contributed by atoms with E-state index < -0.39 is 0 Å². The van der Waals surface area contributed by atoms with E-state index in [2.05, 4.69) is 10.7 Å². The lowest BCUT2D eigenvalue weighted by Gasteiger charge is -2.07. The normalized spacial score (nSPS) is 10.3. The molecule has 0 fully saturated rings. The van der Waals surface area contributed by atoms with E-state index in [0.717, 1.165) is 6.42 Å². The topological polar surface area (TPSA) is 77.1 Å². The Bertz CT molecular complexity index is 605. The number of anilines is 1. The summed E-state index contributed by atoms with van der Waals surface area (Å²) in [5.74, 6) is -0.192. The summed E-state index contributed by atoms with van der Waals surface area (Å²) in [6.45, 7) is 0.556. The van der Waals surface area contributed by atoms with Crippen molar-refractivity contribution in [1.29, 1.82) is 0 Å². The molecule has 100 valence electrons. The smallest absolute Gasteiger partial charge is 0.251 e. The van der Waals surface area contributed by atoms with E-state index >= 15 is 0 Å². The van der Waals surface area contributed by atoms with Crippen LogP contribution in [-0.4, -0.2) is 17.0 Å². The monoisotopic (exact) mass is 277 g/mol. The summed E-state index contributed by atoms with van der Waals surface area (Å²) in [5, 5.41) is 6.83. The minimum Gasteiger partial charge on any atom is -0.398 e. The molecule has 19 heavy (non-hydrogen) atoms. The number of hydrogen-bond acceptors (Lipinski definition) is 4. The zero-order valence-corrected chi connectivity index (χ0v) is 11.2. The predicted octanol–water partition coefficient (Wildman–Crippen LogP) is 0.851. The Labute approximate surface area is 114 Å². The van der Waals surface area contributed by atoms with Crippen LogP contribution < -0.4 is 16.6 Å². The first-order valence-corrected chi connectivity index (χ1v) is 6.83. The molecule has 1 amide bonds. The average molecular weight is 277 g/mol. The van der Waals surface area contributed by atoms with Crippen LogP contribution in [0.1, 0.15) is 5.56 Å². The fourth-order valence-corrected chi connectivity index (χ4v) is 2.37. The molecule has 0 radical (unpaired) electrons. The third kappa shape index (κ3) is 3.96. The van der Waals surface area contributed by atoms with Gasteiger partial charge in [0.05, 0.1) is 0 Å². The van der Waals surface area contributed by atoms with Gasteiger partial charge in [0, 0.05) is 24.5 Å². The van der Waals surface area contributed by atoms with Crippen molar-refractivity contribution in [1.82, 2.24) is 9.88 Å². The minimum atomic E-state index is -0.234. The minimum absolute atomic E-state index is 0.00644. The van der Waals surface area contributed by atoms with Gasteiger partial charge >= 0.3 is 0 Å². The molecule has 6 heteroatoms. The third-order valence-electron chi connectivity index (χ3n) is 2.64. The Hall–Kier alpha value is -2.08. The highest BCUT2D eigenvalue weighted by Gasteiger charge is 2.04. The predicted molar refractivity (Wildman–Crippen MR) is 76.1 cm³/mol. The number of nitrogen functional groups attached to an aromatic ring is 1. The Morgan fingerprint density at radius 2 is 2.21 bits per heavy atom. The maximum atomic E-state index is 11.7. The third-order valence-corrected chi connectivity index (χ3v) is 3.37. The fourth-order valence-electron chi connectivity index (χ4n) is 1.67. The van der Waals surface area contributed by atoms with Crippen molar-refractivity contribution in [3.8, 4) is 0 Å². The van der Waals surface area contributed by atoms with Gasteiger partial charge in [-0.15, -0.1) is 0 Å². The lowest BCUT2D eigenvalue weighted by molar-refractivity contribution is -0.121. The van der Waals surface area contributed by atoms with Crippen LogP contribution in [0.15, 0.2) is 40.0 Å². The van der Waals surface area contributed by atoms with Crippen molar-refractivity contribution < 1.29 is 4.79 Å². The van der Waals surface area contributed by atoms with E-state index in [1.807, 2.05) is 11.4 Å². The molecular weight excluding hydrogens is 262 g/mol. The van der Waals surface area contributed by atoms with Crippen LogP contribution in [0.5, 0.6) is 0 Å². The van der Waals surface area contributed by atoms with Gasteiger partial charge < -0.3 is 15.6 Å². The fraction of sp³-hybridized carbons (Fsp3) is 0.231. The molecule has 0 spiro atoms. The van der Waals surface area contributed by atoms with Crippen molar-refractivity contribution in [3.63, 3.8) is 0 Å². The first kappa shape index (κ1) is 13.4. The van der Waals surface area contributed by atoms with Crippen LogP contribution in [-0.2, 0) is 17.8 Å². The SMILES string of the molecule is Nc1ccc(=O)n(CC(=O)NCCc2ccsc2)c1. The van der Waals surface area contributed by atoms with E-state index in [9.17, 15) is 9.59 Å². The number of carbonyl (C=O) groups is 1. The van der Waals surface area contributed by atoms with Crippen molar-refractivity contribution in [2.45, 2.75) is 13.0 Å². The molecule has 3 N–H and O–H groups in total. The summed E-state index contributed by atoms with van der Waals surface area (Å²) >= 11 is 1.63. The number of thiophene rings is 1. The molecule has 0 saturated heterocycles. The number of nitrogens with one attached hydrogen (secondary N) is 1. The van der Waals surface area contributed by atoms with E-state index in [-0.39, 0.29) is 18.0 Å². The van der Waals surface area contributed by atoms with E-state index in [4.69, 9.17) is 5.73 Å². The lowest BCUT2D eigenvalue weighted by Crippen LogP contribution is -2.33. The molecule has 0 bridgehead atoms. The molecule has 0 unspecified atom stereocenters. The summed E-state index contributed by atoms with van der Waals surface area (Å²) < 4.78 is 1.30. The van der Waals surface area contributed by atoms with Crippen molar-refractivity contribution in [3.05, 3.63) is 51.1 Å². The van der Waals surface area contributed by atoms with E-state index in [0.29, 0.717) is 12.2 Å². The molecule has 2 aromatic heterocycles. The van der Waals surface area contributed by atoms with Crippen LogP contribution in [0, 0.1) is 0 Å². The maximum Gasteiger partial charge on any atom is 0.251 e. The quantitative estimate of drug-likeness (QED) is 0.850. The molecular formula is C13H15N3O2S. The maximum absolute atomic E-state index is 11.7. The Morgan fingerprint density at radius 1 is 1.37 bits per heavy atom. The second-order valence-corrected chi connectivity index (χ2v) is 4.94. The summed E-state index contributed by atoms with van der Waals surface area (Å²) in [6, 6.07) is 4.90. The largest absolute Gasteiger partial charge is 0.398 e. The number of hydrogen-bond donors (Lipinski definition) is 2. The van der Waals surface area contributed by atoms with Gasteiger partial charge in [-0.3, -0.25) is 9.59 Å². The first-order valence-electron chi connectivity index (χ1n) is 5.89. The molecule has 2 rings (SSSR count). The Balaban J connectivity index is 1.84. The average Bonchev–Trinajstić information content (AvgIpc) is 2.87. The summed E-state index contributed by atoms with van der Waals surface area (Å²) in [7, 11) is 0. The zero-order valence-electron chi connectivity index (χ0n) is 10.3. The number of amides is 1. The van der Waals surface area contributed by atoms with E-state index in [1.54, 1.807) is 11.3 Å². The number of rotatable bonds is 5. The summed E-state index contributed by atoms with van der Waals surface area (Å²) in [4.78, 5) is 23.2. The molecule has 0 aliphatic heterocycles. The second kappa shape index (κ2) is 6.19. The van der Waals surface area contributed by atoms with Gasteiger partial charge in [-0.05, 0) is 34.9 Å². The molecule has 2 heterocycles. The van der Waals surface area contributed by atoms with Gasteiger partial charge in [0.25, 0.3) is 5.56 Å². The van der Waals surface area contributed by atoms with Crippen LogP contribution >= 0.6 is 11.3 Å². The molecule has 0 saturated carbocycles. The van der Waals surface area contributed by atoms with Crippen LogP contribution in [0.2, 0.25) is 0 Å². The Kier molecular flexibility index (Phi) is 4.35. The molecule has 2 aromatic rings. The van der Waals surface area contributed by atoms with Gasteiger partial charge in [0.2, 0.25) is 5.91 Å². The number of aromatic nitrogens is 1. The molecule has 0 aliphatic carbocycles. The number of carbonyl (C=O) groups excluding carboxylic acids is 1. The van der Waals surface area contributed by atoms with Crippen LogP contribution in [0.3, 0.4) is 0 Å². The van der Waals surface area contributed by atoms with Crippen LogP contribution in [0.4, 0.5) is 5.69 Å². The standard InChI is InChI=1S/C13H15N3O2S/c14-11-1-2-13(18)16(7-11)8-12(17)15-5-3-10-4-6-19-9-10/h1-2,4,6-7,9H,3,5,8,14H2,(H,15,17). The number of nitrogens with zero attached hydrogens (tertiary/aromatic N) is 1. The molecule has 0 aliphatic rings. The second-order valence-electron chi connectivity index (χ2n) is 4.16. The van der Waals surface area contributed by atoms with Crippen LogP contribution in [0.25, 0.3) is 0 Å². The molecule has 0 aromatic carbocycles. The van der Waals surface area contributed by atoms with Gasteiger partial charge in [-0.1, -0.05) is 0 Å².